The van der Waals surface area contributed by atoms with Crippen LogP contribution >= 0.6 is 11.3 Å². The van der Waals surface area contributed by atoms with Gasteiger partial charge in [-0.2, -0.15) is 0 Å². The van der Waals surface area contributed by atoms with Crippen LogP contribution in [0, 0.1) is 11.6 Å². The summed E-state index contributed by atoms with van der Waals surface area (Å²) >= 11 is 1.29. The summed E-state index contributed by atoms with van der Waals surface area (Å²) in [6, 6.07) is 10.2. The fourth-order valence-electron chi connectivity index (χ4n) is 2.27. The molecule has 0 bridgehead atoms. The molecule has 0 fully saturated rings. The van der Waals surface area contributed by atoms with Crippen molar-refractivity contribution >= 4 is 28.8 Å². The van der Waals surface area contributed by atoms with Crippen LogP contribution in [0.5, 0.6) is 5.75 Å². The zero-order valence-electron chi connectivity index (χ0n) is 14.7. The largest absolute Gasteiger partial charge is 0.497 e. The van der Waals surface area contributed by atoms with Crippen LogP contribution in [0.25, 0.3) is 10.6 Å². The van der Waals surface area contributed by atoms with E-state index in [0.29, 0.717) is 10.8 Å². The first-order chi connectivity index (χ1) is 13.5. The third-order valence-corrected chi connectivity index (χ3v) is 4.58. The Kier molecular flexibility index (Phi) is 5.95. The van der Waals surface area contributed by atoms with Crippen molar-refractivity contribution in [3.05, 3.63) is 65.2 Å². The third-order valence-electron chi connectivity index (χ3n) is 3.69. The highest BCUT2D eigenvalue weighted by Gasteiger charge is 2.13. The Hall–Kier alpha value is -3.33. The zero-order chi connectivity index (χ0) is 20.1. The smallest absolute Gasteiger partial charge is 0.271 e. The van der Waals surface area contributed by atoms with Crippen molar-refractivity contribution in [3.63, 3.8) is 0 Å². The molecule has 144 valence electrons. The molecule has 0 spiro atoms. The number of aromatic nitrogens is 1. The molecule has 0 atom stereocenters. The van der Waals surface area contributed by atoms with E-state index >= 15 is 0 Å². The average molecular weight is 403 g/mol. The number of carbonyl (C=O) groups is 2. The summed E-state index contributed by atoms with van der Waals surface area (Å²) in [5.74, 6) is -2.47. The lowest BCUT2D eigenvalue weighted by Crippen LogP contribution is -2.33. The lowest BCUT2D eigenvalue weighted by molar-refractivity contribution is -0.115. The van der Waals surface area contributed by atoms with Crippen LogP contribution < -0.4 is 15.4 Å². The van der Waals surface area contributed by atoms with E-state index in [0.717, 1.165) is 17.7 Å². The number of nitrogens with one attached hydrogen (secondary N) is 2. The number of benzene rings is 2. The first-order valence-electron chi connectivity index (χ1n) is 8.09. The molecule has 28 heavy (non-hydrogen) atoms. The molecule has 1 aromatic heterocycles. The van der Waals surface area contributed by atoms with Crippen molar-refractivity contribution in [1.29, 1.82) is 0 Å². The number of methoxy groups -OCH3 is 1. The second-order valence-electron chi connectivity index (χ2n) is 5.63. The van der Waals surface area contributed by atoms with Gasteiger partial charge in [-0.05, 0) is 36.4 Å². The molecule has 0 aliphatic carbocycles. The fraction of sp³-hybridized carbons (Fsp3) is 0.105. The molecule has 0 radical (unpaired) electrons. The number of halogens is 2. The van der Waals surface area contributed by atoms with Gasteiger partial charge >= 0.3 is 0 Å². The molecular weight excluding hydrogens is 388 g/mol. The Balaban J connectivity index is 1.56. The van der Waals surface area contributed by atoms with Crippen LogP contribution in [0.3, 0.4) is 0 Å². The first-order valence-corrected chi connectivity index (χ1v) is 8.97. The lowest BCUT2D eigenvalue weighted by Gasteiger charge is -2.06. The quantitative estimate of drug-likeness (QED) is 0.661. The number of hydrogen-bond donors (Lipinski definition) is 2. The maximum absolute atomic E-state index is 13.1. The van der Waals surface area contributed by atoms with Gasteiger partial charge < -0.3 is 15.4 Å². The van der Waals surface area contributed by atoms with E-state index in [9.17, 15) is 18.4 Å². The molecule has 0 saturated carbocycles. The molecule has 2 amide bonds. The van der Waals surface area contributed by atoms with Gasteiger partial charge in [0, 0.05) is 22.7 Å². The van der Waals surface area contributed by atoms with Crippen LogP contribution in [0.15, 0.2) is 47.8 Å². The van der Waals surface area contributed by atoms with Crippen molar-refractivity contribution in [3.8, 4) is 16.3 Å². The monoisotopic (exact) mass is 403 g/mol. The van der Waals surface area contributed by atoms with E-state index in [4.69, 9.17) is 4.74 Å². The van der Waals surface area contributed by atoms with Gasteiger partial charge in [0.15, 0.2) is 11.6 Å². The number of ether oxygens (including phenoxy) is 1. The van der Waals surface area contributed by atoms with Crippen LogP contribution in [0.1, 0.15) is 10.5 Å². The summed E-state index contributed by atoms with van der Waals surface area (Å²) in [4.78, 5) is 28.3. The van der Waals surface area contributed by atoms with Crippen LogP contribution in [0.4, 0.5) is 14.5 Å². The Labute approximate surface area is 163 Å². The van der Waals surface area contributed by atoms with Crippen molar-refractivity contribution in [1.82, 2.24) is 10.3 Å². The molecule has 9 heteroatoms. The molecule has 6 nitrogen and oxygen atoms in total. The van der Waals surface area contributed by atoms with E-state index in [2.05, 4.69) is 15.6 Å². The Morgan fingerprint density at radius 2 is 1.86 bits per heavy atom. The molecule has 3 aromatic rings. The summed E-state index contributed by atoms with van der Waals surface area (Å²) in [7, 11) is 1.57. The summed E-state index contributed by atoms with van der Waals surface area (Å²) in [6.45, 7) is -0.340. The fourth-order valence-corrected chi connectivity index (χ4v) is 3.08. The maximum atomic E-state index is 13.1. The number of rotatable bonds is 6. The van der Waals surface area contributed by atoms with Crippen molar-refractivity contribution in [2.75, 3.05) is 19.0 Å². The summed E-state index contributed by atoms with van der Waals surface area (Å²) < 4.78 is 31.1. The summed E-state index contributed by atoms with van der Waals surface area (Å²) in [5, 5.41) is 7.04. The van der Waals surface area contributed by atoms with Gasteiger partial charge in [0.1, 0.15) is 16.5 Å². The van der Waals surface area contributed by atoms with Crippen molar-refractivity contribution in [2.45, 2.75) is 0 Å². The van der Waals surface area contributed by atoms with Crippen molar-refractivity contribution in [2.24, 2.45) is 0 Å². The predicted octanol–water partition coefficient (Wildman–Crippen LogP) is 3.47. The minimum atomic E-state index is -1.07. The van der Waals surface area contributed by atoms with Gasteiger partial charge in [0.25, 0.3) is 5.91 Å². The van der Waals surface area contributed by atoms with E-state index in [1.165, 1.54) is 17.4 Å². The third kappa shape index (κ3) is 4.68. The highest BCUT2D eigenvalue weighted by Crippen LogP contribution is 2.25. The number of nitrogens with zero attached hydrogens (tertiary/aromatic N) is 1. The minimum Gasteiger partial charge on any atom is -0.497 e. The minimum absolute atomic E-state index is 0.0913. The Morgan fingerprint density at radius 1 is 1.11 bits per heavy atom. The number of amides is 2. The highest BCUT2D eigenvalue weighted by atomic mass is 32.1. The van der Waals surface area contributed by atoms with Crippen LogP contribution in [-0.4, -0.2) is 30.5 Å². The molecule has 2 N–H and O–H groups in total. The standard InChI is InChI=1S/C19H15F2N3O3S/c1-27-13-5-2-11(3-6-13)19-24-16(10-28-19)18(26)22-9-17(25)23-12-4-7-14(20)15(21)8-12/h2-8,10H,9H2,1H3,(H,22,26)(H,23,25). The van der Waals surface area contributed by atoms with Gasteiger partial charge in [-0.1, -0.05) is 0 Å². The summed E-state index contributed by atoms with van der Waals surface area (Å²) in [5.41, 5.74) is 1.10. The van der Waals surface area contributed by atoms with Gasteiger partial charge in [0.05, 0.1) is 13.7 Å². The lowest BCUT2D eigenvalue weighted by atomic mass is 10.2. The molecule has 0 aliphatic heterocycles. The van der Waals surface area contributed by atoms with Crippen LogP contribution in [0.2, 0.25) is 0 Å². The topological polar surface area (TPSA) is 80.3 Å². The molecule has 3 rings (SSSR count). The molecule has 0 aliphatic rings. The number of thiazole rings is 1. The molecule has 2 aromatic carbocycles. The van der Waals surface area contributed by atoms with E-state index in [-0.39, 0.29) is 17.9 Å². The first kappa shape index (κ1) is 19.4. The van der Waals surface area contributed by atoms with E-state index < -0.39 is 23.4 Å². The molecule has 0 unspecified atom stereocenters. The SMILES string of the molecule is COc1ccc(-c2nc(C(=O)NCC(=O)Nc3ccc(F)c(F)c3)cs2)cc1. The van der Waals surface area contributed by atoms with E-state index in [1.54, 1.807) is 24.6 Å². The molecule has 0 saturated heterocycles. The Bertz CT molecular complexity index is 1010. The number of carbonyl (C=O) groups excluding carboxylic acids is 2. The van der Waals surface area contributed by atoms with Gasteiger partial charge in [-0.3, -0.25) is 9.59 Å². The average Bonchev–Trinajstić information content (AvgIpc) is 3.19. The predicted molar refractivity (Wildman–Crippen MR) is 101 cm³/mol. The second kappa shape index (κ2) is 8.57. The summed E-state index contributed by atoms with van der Waals surface area (Å²) in [6.07, 6.45) is 0. The van der Waals surface area contributed by atoms with Gasteiger partial charge in [-0.25, -0.2) is 13.8 Å². The number of anilines is 1. The zero-order valence-corrected chi connectivity index (χ0v) is 15.5. The molecule has 1 heterocycles. The van der Waals surface area contributed by atoms with Crippen LogP contribution in [-0.2, 0) is 4.79 Å². The van der Waals surface area contributed by atoms with Gasteiger partial charge in [0.2, 0.25) is 5.91 Å². The number of hydrogen-bond acceptors (Lipinski definition) is 5. The molecular formula is C19H15F2N3O3S. The normalized spacial score (nSPS) is 10.4. The Morgan fingerprint density at radius 3 is 2.54 bits per heavy atom. The maximum Gasteiger partial charge on any atom is 0.271 e. The highest BCUT2D eigenvalue weighted by molar-refractivity contribution is 7.13. The van der Waals surface area contributed by atoms with Crippen molar-refractivity contribution < 1.29 is 23.1 Å². The second-order valence-corrected chi connectivity index (χ2v) is 6.48. The van der Waals surface area contributed by atoms with E-state index in [1.807, 2.05) is 12.1 Å². The van der Waals surface area contributed by atoms with Gasteiger partial charge in [-0.15, -0.1) is 11.3 Å².